The molecule has 0 unspecified atom stereocenters. The number of hydrogen-bond donors (Lipinski definition) is 2. The fourth-order valence-corrected chi connectivity index (χ4v) is 1.52. The Kier molecular flexibility index (Phi) is 3.88. The van der Waals surface area contributed by atoms with Crippen molar-refractivity contribution in [2.24, 2.45) is 0 Å². The van der Waals surface area contributed by atoms with E-state index in [2.05, 4.69) is 29.9 Å². The van der Waals surface area contributed by atoms with Crippen molar-refractivity contribution in [2.45, 2.75) is 18.9 Å². The zero-order valence-electron chi connectivity index (χ0n) is 7.42. The summed E-state index contributed by atoms with van der Waals surface area (Å²) in [7, 11) is 2.11. The Labute approximate surface area is 78.9 Å². The van der Waals surface area contributed by atoms with Gasteiger partial charge >= 0.3 is 0 Å². The lowest BCUT2D eigenvalue weighted by atomic mass is 10.1. The first kappa shape index (κ1) is 9.86. The van der Waals surface area contributed by atoms with Crippen LogP contribution in [0.1, 0.15) is 12.8 Å². The molecule has 12 heavy (non-hydrogen) atoms. The molecule has 1 N–H and O–H groups in total. The van der Waals surface area contributed by atoms with E-state index in [0.29, 0.717) is 11.8 Å². The molecule has 0 radical (unpaired) electrons. The lowest BCUT2D eigenvalue weighted by Crippen LogP contribution is -2.43. The van der Waals surface area contributed by atoms with Crippen LogP contribution in [0.5, 0.6) is 0 Å². The number of rotatable bonds is 2. The van der Waals surface area contributed by atoms with Gasteiger partial charge in [0.2, 0.25) is 5.91 Å². The summed E-state index contributed by atoms with van der Waals surface area (Å²) in [6.07, 6.45) is 2.13. The van der Waals surface area contributed by atoms with Crippen LogP contribution in [0.25, 0.3) is 0 Å². The zero-order chi connectivity index (χ0) is 8.97. The molecule has 0 spiro atoms. The van der Waals surface area contributed by atoms with Gasteiger partial charge in [-0.15, -0.1) is 0 Å². The molecular formula is C8H16N2OS. The number of amides is 1. The molecule has 3 nitrogen and oxygen atoms in total. The molecule has 1 aliphatic heterocycles. The summed E-state index contributed by atoms with van der Waals surface area (Å²) in [5, 5.41) is 2.95. The Morgan fingerprint density at radius 1 is 1.58 bits per heavy atom. The summed E-state index contributed by atoms with van der Waals surface area (Å²) in [5.74, 6) is 0.347. The monoisotopic (exact) mass is 188 g/mol. The molecular weight excluding hydrogens is 172 g/mol. The van der Waals surface area contributed by atoms with Crippen molar-refractivity contribution in [3.8, 4) is 0 Å². The van der Waals surface area contributed by atoms with Crippen LogP contribution in [0.3, 0.4) is 0 Å². The molecule has 0 saturated carbocycles. The summed E-state index contributed by atoms with van der Waals surface area (Å²) in [6, 6.07) is 0.376. The molecule has 1 saturated heterocycles. The van der Waals surface area contributed by atoms with Gasteiger partial charge in [-0.3, -0.25) is 4.79 Å². The molecule has 0 atom stereocenters. The molecule has 0 bridgehead atoms. The van der Waals surface area contributed by atoms with E-state index in [1.165, 1.54) is 0 Å². The summed E-state index contributed by atoms with van der Waals surface area (Å²) in [6.45, 7) is 2.16. The number of likely N-dealkylation sites (tertiary alicyclic amines) is 1. The Bertz CT molecular complexity index is 155. The highest BCUT2D eigenvalue weighted by Crippen LogP contribution is 2.07. The standard InChI is InChI=1S/C8H16N2OS/c1-10-4-2-7(3-5-10)9-8(11)6-12/h7,12H,2-6H2,1H3,(H,9,11). The van der Waals surface area contributed by atoms with Crippen LogP contribution in [-0.2, 0) is 4.79 Å². The van der Waals surface area contributed by atoms with Crippen molar-refractivity contribution in [2.75, 3.05) is 25.9 Å². The Morgan fingerprint density at radius 3 is 2.67 bits per heavy atom. The molecule has 4 heteroatoms. The number of nitrogens with zero attached hydrogens (tertiary/aromatic N) is 1. The number of carbonyl (C=O) groups is 1. The van der Waals surface area contributed by atoms with Gasteiger partial charge in [0.25, 0.3) is 0 Å². The van der Waals surface area contributed by atoms with Gasteiger partial charge in [-0.2, -0.15) is 12.6 Å². The smallest absolute Gasteiger partial charge is 0.229 e. The van der Waals surface area contributed by atoms with E-state index in [9.17, 15) is 4.79 Å². The van der Waals surface area contributed by atoms with E-state index in [-0.39, 0.29) is 5.91 Å². The van der Waals surface area contributed by atoms with Gasteiger partial charge in [0.05, 0.1) is 5.75 Å². The maximum atomic E-state index is 11.0. The van der Waals surface area contributed by atoms with E-state index in [0.717, 1.165) is 25.9 Å². The number of hydrogen-bond acceptors (Lipinski definition) is 3. The van der Waals surface area contributed by atoms with E-state index in [1.807, 2.05) is 0 Å². The minimum absolute atomic E-state index is 0.0490. The third-order valence-corrected chi connectivity index (χ3v) is 2.51. The van der Waals surface area contributed by atoms with Gasteiger partial charge < -0.3 is 10.2 Å². The van der Waals surface area contributed by atoms with Gasteiger partial charge in [-0.25, -0.2) is 0 Å². The van der Waals surface area contributed by atoms with Crippen LogP contribution < -0.4 is 5.32 Å². The number of thiol groups is 1. The van der Waals surface area contributed by atoms with Gasteiger partial charge in [-0.05, 0) is 33.0 Å². The van der Waals surface area contributed by atoms with Crippen LogP contribution in [0, 0.1) is 0 Å². The first-order valence-electron chi connectivity index (χ1n) is 4.31. The second-order valence-corrected chi connectivity index (χ2v) is 3.62. The summed E-state index contributed by atoms with van der Waals surface area (Å²) in [4.78, 5) is 13.2. The second-order valence-electron chi connectivity index (χ2n) is 3.30. The topological polar surface area (TPSA) is 32.3 Å². The van der Waals surface area contributed by atoms with Crippen molar-refractivity contribution >= 4 is 18.5 Å². The number of carbonyl (C=O) groups excluding carboxylic acids is 1. The Hall–Kier alpha value is -0.220. The lowest BCUT2D eigenvalue weighted by molar-refractivity contribution is -0.119. The average molecular weight is 188 g/mol. The van der Waals surface area contributed by atoms with E-state index in [1.54, 1.807) is 0 Å². The molecule has 1 aliphatic rings. The first-order valence-corrected chi connectivity index (χ1v) is 4.94. The molecule has 0 aromatic heterocycles. The minimum Gasteiger partial charge on any atom is -0.353 e. The second kappa shape index (κ2) is 4.72. The SMILES string of the molecule is CN1CCC(NC(=O)CS)CC1. The average Bonchev–Trinajstić information content (AvgIpc) is 2.09. The van der Waals surface area contributed by atoms with E-state index in [4.69, 9.17) is 0 Å². The van der Waals surface area contributed by atoms with Crippen molar-refractivity contribution < 1.29 is 4.79 Å². The van der Waals surface area contributed by atoms with Gasteiger partial charge in [-0.1, -0.05) is 0 Å². The van der Waals surface area contributed by atoms with Crippen molar-refractivity contribution in [1.82, 2.24) is 10.2 Å². The van der Waals surface area contributed by atoms with Crippen LogP contribution in [0.2, 0.25) is 0 Å². The Morgan fingerprint density at radius 2 is 2.17 bits per heavy atom. The summed E-state index contributed by atoms with van der Waals surface area (Å²) in [5.41, 5.74) is 0. The lowest BCUT2D eigenvalue weighted by Gasteiger charge is -2.29. The highest BCUT2D eigenvalue weighted by molar-refractivity contribution is 7.81. The predicted octanol–water partition coefficient (Wildman–Crippen LogP) is 0.127. The fourth-order valence-electron chi connectivity index (χ4n) is 1.43. The number of nitrogens with one attached hydrogen (secondary N) is 1. The van der Waals surface area contributed by atoms with Crippen molar-refractivity contribution in [3.05, 3.63) is 0 Å². The maximum absolute atomic E-state index is 11.0. The predicted molar refractivity (Wildman–Crippen MR) is 52.5 cm³/mol. The molecule has 0 aromatic carbocycles. The minimum atomic E-state index is 0.0490. The van der Waals surface area contributed by atoms with Crippen molar-refractivity contribution in [1.29, 1.82) is 0 Å². The van der Waals surface area contributed by atoms with Crippen LogP contribution in [-0.4, -0.2) is 42.7 Å². The zero-order valence-corrected chi connectivity index (χ0v) is 8.31. The van der Waals surface area contributed by atoms with Crippen molar-refractivity contribution in [3.63, 3.8) is 0 Å². The van der Waals surface area contributed by atoms with Gasteiger partial charge in [0, 0.05) is 6.04 Å². The molecule has 1 heterocycles. The summed E-state index contributed by atoms with van der Waals surface area (Å²) >= 11 is 3.91. The molecule has 0 aliphatic carbocycles. The molecule has 1 amide bonds. The highest BCUT2D eigenvalue weighted by Gasteiger charge is 2.17. The molecule has 0 aromatic rings. The third kappa shape index (κ3) is 3.03. The summed E-state index contributed by atoms with van der Waals surface area (Å²) < 4.78 is 0. The largest absolute Gasteiger partial charge is 0.353 e. The quantitative estimate of drug-likeness (QED) is 0.604. The fraction of sp³-hybridized carbons (Fsp3) is 0.875. The first-order chi connectivity index (χ1) is 5.72. The van der Waals surface area contributed by atoms with Gasteiger partial charge in [0.15, 0.2) is 0 Å². The van der Waals surface area contributed by atoms with Gasteiger partial charge in [0.1, 0.15) is 0 Å². The normalized spacial score (nSPS) is 20.8. The molecule has 70 valence electrons. The molecule has 1 rings (SSSR count). The van der Waals surface area contributed by atoms with E-state index >= 15 is 0 Å². The maximum Gasteiger partial charge on any atom is 0.229 e. The molecule has 1 fully saturated rings. The number of piperidine rings is 1. The highest BCUT2D eigenvalue weighted by atomic mass is 32.1. The van der Waals surface area contributed by atoms with Crippen LogP contribution >= 0.6 is 12.6 Å². The third-order valence-electron chi connectivity index (χ3n) is 2.23. The van der Waals surface area contributed by atoms with E-state index < -0.39 is 0 Å². The van der Waals surface area contributed by atoms with Crippen LogP contribution in [0.15, 0.2) is 0 Å². The van der Waals surface area contributed by atoms with Crippen LogP contribution in [0.4, 0.5) is 0 Å². The Balaban J connectivity index is 2.21.